The van der Waals surface area contributed by atoms with Crippen LogP contribution in [0.15, 0.2) is 22.3 Å². The predicted molar refractivity (Wildman–Crippen MR) is 110 cm³/mol. The fraction of sp³-hybridized carbons (Fsp3) is 0.412. The van der Waals surface area contributed by atoms with Gasteiger partial charge in [0.25, 0.3) is 11.8 Å². The normalized spacial score (nSPS) is 23.3. The summed E-state index contributed by atoms with van der Waals surface area (Å²) in [5.41, 5.74) is -0.0854. The molecule has 2 aliphatic heterocycles. The highest BCUT2D eigenvalue weighted by Crippen LogP contribution is 2.40. The Bertz CT molecular complexity index is 943. The smallest absolute Gasteiger partial charge is 0.352 e. The van der Waals surface area contributed by atoms with Gasteiger partial charge in [0, 0.05) is 10.6 Å². The van der Waals surface area contributed by atoms with Crippen LogP contribution in [0.25, 0.3) is 0 Å². The van der Waals surface area contributed by atoms with Crippen molar-refractivity contribution in [2.45, 2.75) is 43.5 Å². The molecule has 0 bridgehead atoms. The van der Waals surface area contributed by atoms with Crippen molar-refractivity contribution in [1.29, 1.82) is 0 Å². The summed E-state index contributed by atoms with van der Waals surface area (Å²) in [6.07, 6.45) is 1.65. The molecule has 3 amide bonds. The molecule has 1 fully saturated rings. The van der Waals surface area contributed by atoms with E-state index < -0.39 is 29.2 Å². The number of carbonyl (C=O) groups is 4. The molecule has 1 aromatic rings. The van der Waals surface area contributed by atoms with Crippen molar-refractivity contribution in [2.75, 3.05) is 5.32 Å². The van der Waals surface area contributed by atoms with Gasteiger partial charge in [-0.3, -0.25) is 19.3 Å². The average Bonchev–Trinajstić information content (AvgIpc) is 3.13. The van der Waals surface area contributed by atoms with E-state index in [1.807, 2.05) is 6.92 Å². The van der Waals surface area contributed by atoms with Crippen LogP contribution in [-0.2, 0) is 24.0 Å². The number of rotatable bonds is 8. The molecule has 0 aromatic carbocycles. The summed E-state index contributed by atoms with van der Waals surface area (Å²) < 4.78 is 0. The van der Waals surface area contributed by atoms with Gasteiger partial charge in [-0.05, 0) is 26.8 Å². The second-order valence-electron chi connectivity index (χ2n) is 6.64. The molecular formula is C17H19N5O6S2. The van der Waals surface area contributed by atoms with Crippen LogP contribution in [0.4, 0.5) is 5.13 Å². The van der Waals surface area contributed by atoms with Crippen molar-refractivity contribution in [1.82, 2.24) is 15.2 Å². The number of anilines is 1. The number of amides is 3. The third-order valence-electron chi connectivity index (χ3n) is 4.05. The second-order valence-corrected chi connectivity index (χ2v) is 9.00. The van der Waals surface area contributed by atoms with Gasteiger partial charge in [0.05, 0.1) is 0 Å². The SMILES string of the molecule is CC(C)O/N=C(\C(=O)NC1C(=O)N2C(C(=O)O)=CC(C)S[C@H]12)c1csc(NC=O)n1. The number of aromatic nitrogens is 1. The van der Waals surface area contributed by atoms with E-state index in [4.69, 9.17) is 4.84 Å². The molecule has 160 valence electrons. The number of β-lactam (4-membered cyclic amide) rings is 1. The molecule has 11 nitrogen and oxygen atoms in total. The van der Waals surface area contributed by atoms with Gasteiger partial charge >= 0.3 is 5.97 Å². The monoisotopic (exact) mass is 453 g/mol. The average molecular weight is 454 g/mol. The summed E-state index contributed by atoms with van der Waals surface area (Å²) in [6.45, 7) is 5.27. The van der Waals surface area contributed by atoms with E-state index in [2.05, 4.69) is 20.8 Å². The number of nitrogens with one attached hydrogen (secondary N) is 2. The Morgan fingerprint density at radius 2 is 2.17 bits per heavy atom. The molecule has 3 N–H and O–H groups in total. The molecule has 2 aliphatic rings. The van der Waals surface area contributed by atoms with Gasteiger partial charge in [0.15, 0.2) is 10.8 Å². The highest BCUT2D eigenvalue weighted by atomic mass is 32.2. The Morgan fingerprint density at radius 3 is 2.80 bits per heavy atom. The van der Waals surface area contributed by atoms with E-state index in [1.54, 1.807) is 13.8 Å². The summed E-state index contributed by atoms with van der Waals surface area (Å²) >= 11 is 2.46. The van der Waals surface area contributed by atoms with E-state index in [-0.39, 0.29) is 33.6 Å². The van der Waals surface area contributed by atoms with E-state index in [9.17, 15) is 24.3 Å². The van der Waals surface area contributed by atoms with Crippen LogP contribution in [0.2, 0.25) is 0 Å². The summed E-state index contributed by atoms with van der Waals surface area (Å²) in [5.74, 6) is -2.42. The van der Waals surface area contributed by atoms with E-state index >= 15 is 0 Å². The zero-order valence-electron chi connectivity index (χ0n) is 16.2. The maximum atomic E-state index is 12.9. The molecule has 13 heteroatoms. The van der Waals surface area contributed by atoms with Crippen LogP contribution in [0, 0.1) is 0 Å². The Balaban J connectivity index is 1.80. The van der Waals surface area contributed by atoms with Crippen molar-refractivity contribution < 1.29 is 29.1 Å². The lowest BCUT2D eigenvalue weighted by atomic mass is 10.0. The number of nitrogens with zero attached hydrogens (tertiary/aromatic N) is 3. The standard InChI is InChI=1S/C17H19N5O6S2/c1-7(2)28-21-11(9-5-29-17(19-9)18-6-23)13(24)20-12-14(25)22-10(16(26)27)4-8(3)30-15(12)22/h4-8,12,15H,1-3H3,(H,20,24)(H,26,27)(H,18,19,23)/b21-11-/t8?,12?,15-/m1/s1. The van der Waals surface area contributed by atoms with Crippen LogP contribution < -0.4 is 10.6 Å². The van der Waals surface area contributed by atoms with Crippen LogP contribution in [0.3, 0.4) is 0 Å². The second kappa shape index (κ2) is 8.83. The number of oxime groups is 1. The van der Waals surface area contributed by atoms with Crippen molar-refractivity contribution >= 4 is 58.1 Å². The Hall–Kier alpha value is -2.93. The lowest BCUT2D eigenvalue weighted by Crippen LogP contribution is -2.71. The predicted octanol–water partition coefficient (Wildman–Crippen LogP) is 0.597. The van der Waals surface area contributed by atoms with Gasteiger partial charge in [0.1, 0.15) is 28.9 Å². The van der Waals surface area contributed by atoms with E-state index in [1.165, 1.54) is 23.2 Å². The number of fused-ring (bicyclic) bond motifs is 1. The van der Waals surface area contributed by atoms with Crippen LogP contribution in [0.1, 0.15) is 26.5 Å². The topological polar surface area (TPSA) is 150 Å². The Labute approximate surface area is 179 Å². The fourth-order valence-electron chi connectivity index (χ4n) is 2.80. The zero-order chi connectivity index (χ0) is 22.0. The minimum atomic E-state index is -1.20. The largest absolute Gasteiger partial charge is 0.477 e. The molecule has 0 aliphatic carbocycles. The Morgan fingerprint density at radius 1 is 1.43 bits per heavy atom. The molecule has 0 spiro atoms. The van der Waals surface area contributed by atoms with Gasteiger partial charge in [-0.2, -0.15) is 0 Å². The molecule has 3 heterocycles. The molecule has 3 rings (SSSR count). The molecular weight excluding hydrogens is 434 g/mol. The number of carboxylic acid groups (broad SMARTS) is 1. The maximum Gasteiger partial charge on any atom is 0.352 e. The van der Waals surface area contributed by atoms with Crippen LogP contribution in [-0.4, -0.2) is 67.7 Å². The fourth-order valence-corrected chi connectivity index (χ4v) is 4.78. The number of thiazole rings is 1. The van der Waals surface area contributed by atoms with Crippen molar-refractivity contribution in [3.05, 3.63) is 22.8 Å². The third kappa shape index (κ3) is 4.31. The van der Waals surface area contributed by atoms with E-state index in [0.717, 1.165) is 16.2 Å². The van der Waals surface area contributed by atoms with Crippen molar-refractivity contribution in [2.24, 2.45) is 5.16 Å². The number of carboxylic acids is 1. The number of thioether (sulfide) groups is 1. The first-order valence-corrected chi connectivity index (χ1v) is 10.7. The van der Waals surface area contributed by atoms with Crippen molar-refractivity contribution in [3.8, 4) is 0 Å². The van der Waals surface area contributed by atoms with Crippen LogP contribution in [0.5, 0.6) is 0 Å². The van der Waals surface area contributed by atoms with Crippen LogP contribution >= 0.6 is 23.1 Å². The first-order chi connectivity index (χ1) is 14.2. The minimum absolute atomic E-state index is 0.0946. The summed E-state index contributed by atoms with van der Waals surface area (Å²) in [5, 5.41) is 19.3. The first kappa shape index (κ1) is 21.8. The summed E-state index contributed by atoms with van der Waals surface area (Å²) in [4.78, 5) is 57.9. The summed E-state index contributed by atoms with van der Waals surface area (Å²) in [6, 6.07) is -0.913. The number of carbonyl (C=O) groups excluding carboxylic acids is 3. The summed E-state index contributed by atoms with van der Waals surface area (Å²) in [7, 11) is 0. The van der Waals surface area contributed by atoms with Gasteiger partial charge < -0.3 is 20.6 Å². The molecule has 0 saturated carbocycles. The quantitative estimate of drug-likeness (QED) is 0.224. The molecule has 1 aromatic heterocycles. The highest BCUT2D eigenvalue weighted by Gasteiger charge is 2.54. The highest BCUT2D eigenvalue weighted by molar-refractivity contribution is 8.00. The first-order valence-electron chi connectivity index (χ1n) is 8.87. The number of aliphatic carboxylic acids is 1. The molecule has 1 saturated heterocycles. The molecule has 2 unspecified atom stereocenters. The third-order valence-corrected chi connectivity index (χ3v) is 6.15. The maximum absolute atomic E-state index is 12.9. The number of hydrogen-bond acceptors (Lipinski definition) is 9. The Kier molecular flexibility index (Phi) is 6.41. The number of hydrogen-bond donors (Lipinski definition) is 3. The lowest BCUT2D eigenvalue weighted by Gasteiger charge is -2.49. The van der Waals surface area contributed by atoms with Gasteiger partial charge in [-0.1, -0.05) is 5.16 Å². The minimum Gasteiger partial charge on any atom is -0.477 e. The molecule has 0 radical (unpaired) electrons. The van der Waals surface area contributed by atoms with E-state index in [0.29, 0.717) is 6.41 Å². The zero-order valence-corrected chi connectivity index (χ0v) is 17.8. The molecule has 3 atom stereocenters. The lowest BCUT2D eigenvalue weighted by molar-refractivity contribution is -0.150. The van der Waals surface area contributed by atoms with Gasteiger partial charge in [0.2, 0.25) is 6.41 Å². The van der Waals surface area contributed by atoms with Gasteiger partial charge in [-0.15, -0.1) is 23.1 Å². The van der Waals surface area contributed by atoms with Gasteiger partial charge in [-0.25, -0.2) is 9.78 Å². The molecule has 30 heavy (non-hydrogen) atoms. The van der Waals surface area contributed by atoms with Crippen molar-refractivity contribution in [3.63, 3.8) is 0 Å².